The van der Waals surface area contributed by atoms with Crippen LogP contribution in [-0.2, 0) is 4.74 Å². The van der Waals surface area contributed by atoms with E-state index in [0.717, 1.165) is 7.05 Å². The van der Waals surface area contributed by atoms with Crippen LogP contribution in [0, 0.1) is 11.3 Å². The quantitative estimate of drug-likeness (QED) is 0.828. The van der Waals surface area contributed by atoms with Crippen LogP contribution < -0.4 is 0 Å². The van der Waals surface area contributed by atoms with Crippen LogP contribution in [0.1, 0.15) is 37.9 Å². The normalized spacial score (nSPS) is 13.2. The Labute approximate surface area is 127 Å². The van der Waals surface area contributed by atoms with Crippen LogP contribution in [0.2, 0.25) is 0 Å². The second-order valence-corrected chi connectivity index (χ2v) is 5.77. The largest absolute Gasteiger partial charge is 0.444 e. The number of alkyl halides is 3. The number of rotatable bonds is 2. The molecule has 0 aliphatic carbocycles. The molecule has 1 unspecified atom stereocenters. The van der Waals surface area contributed by atoms with Gasteiger partial charge >= 0.3 is 12.3 Å². The average Bonchev–Trinajstić information content (AvgIpc) is 2.36. The second kappa shape index (κ2) is 6.26. The van der Waals surface area contributed by atoms with Crippen molar-refractivity contribution >= 4 is 6.09 Å². The third-order valence-electron chi connectivity index (χ3n) is 2.73. The third-order valence-corrected chi connectivity index (χ3v) is 2.73. The van der Waals surface area contributed by atoms with Gasteiger partial charge < -0.3 is 4.74 Å². The molecule has 0 saturated heterocycles. The number of hydrogen-bond donors (Lipinski definition) is 0. The van der Waals surface area contributed by atoms with Gasteiger partial charge in [-0.05, 0) is 38.5 Å². The van der Waals surface area contributed by atoms with Gasteiger partial charge in [-0.2, -0.15) is 18.4 Å². The highest BCUT2D eigenvalue weighted by molar-refractivity contribution is 5.68. The zero-order valence-corrected chi connectivity index (χ0v) is 12.7. The Morgan fingerprint density at radius 2 is 1.73 bits per heavy atom. The summed E-state index contributed by atoms with van der Waals surface area (Å²) in [7, 11) is 1.03. The highest BCUT2D eigenvalue weighted by atomic mass is 19.4. The molecule has 0 saturated carbocycles. The number of hydrogen-bond acceptors (Lipinski definition) is 3. The molecule has 0 aliphatic rings. The van der Waals surface area contributed by atoms with E-state index in [1.54, 1.807) is 20.8 Å². The first-order chi connectivity index (χ1) is 9.95. The topological polar surface area (TPSA) is 53.3 Å². The van der Waals surface area contributed by atoms with Crippen molar-refractivity contribution in [3.63, 3.8) is 0 Å². The maximum Gasteiger partial charge on any atom is 0.413 e. The van der Waals surface area contributed by atoms with Crippen LogP contribution in [0.4, 0.5) is 18.0 Å². The Balaban J connectivity index is 3.13. The lowest BCUT2D eigenvalue weighted by molar-refractivity contribution is -0.180. The molecule has 0 heterocycles. The Morgan fingerprint density at radius 1 is 1.23 bits per heavy atom. The lowest BCUT2D eigenvalue weighted by Gasteiger charge is -2.32. The first-order valence-electron chi connectivity index (χ1n) is 6.48. The molecule has 0 radical (unpaired) electrons. The smallest absolute Gasteiger partial charge is 0.413 e. The summed E-state index contributed by atoms with van der Waals surface area (Å²) in [5.41, 5.74) is -0.795. The standard InChI is InChI=1S/C15H17F3N2O2/c1-14(2,3)22-13(21)20(4)12(15(16,17)18)11-7-5-10(9-19)6-8-11/h5-8,12H,1-4H3. The summed E-state index contributed by atoms with van der Waals surface area (Å²) < 4.78 is 44.9. The molecule has 0 bridgehead atoms. The molecule has 1 aromatic carbocycles. The number of carbonyl (C=O) groups is 1. The van der Waals surface area contributed by atoms with E-state index in [9.17, 15) is 18.0 Å². The summed E-state index contributed by atoms with van der Waals surface area (Å²) >= 11 is 0. The molecular formula is C15H17F3N2O2. The average molecular weight is 314 g/mol. The second-order valence-electron chi connectivity index (χ2n) is 5.77. The molecule has 22 heavy (non-hydrogen) atoms. The van der Waals surface area contributed by atoms with Crippen LogP contribution in [0.5, 0.6) is 0 Å². The third kappa shape index (κ3) is 4.65. The van der Waals surface area contributed by atoms with Gasteiger partial charge in [0.25, 0.3) is 0 Å². The fraction of sp³-hybridized carbons (Fsp3) is 0.467. The predicted molar refractivity (Wildman–Crippen MR) is 74.0 cm³/mol. The highest BCUT2D eigenvalue weighted by Gasteiger charge is 2.46. The fourth-order valence-electron chi connectivity index (χ4n) is 1.81. The van der Waals surface area contributed by atoms with E-state index in [0.29, 0.717) is 4.90 Å². The summed E-state index contributed by atoms with van der Waals surface area (Å²) in [6.07, 6.45) is -5.74. The van der Waals surface area contributed by atoms with E-state index >= 15 is 0 Å². The van der Waals surface area contributed by atoms with Gasteiger partial charge in [0.2, 0.25) is 0 Å². The zero-order chi connectivity index (χ0) is 17.1. The molecule has 0 spiro atoms. The summed E-state index contributed by atoms with van der Waals surface area (Å²) in [6.45, 7) is 4.72. The van der Waals surface area contributed by atoms with Crippen molar-refractivity contribution in [1.82, 2.24) is 4.90 Å². The van der Waals surface area contributed by atoms with Crippen molar-refractivity contribution in [2.45, 2.75) is 38.6 Å². The monoisotopic (exact) mass is 314 g/mol. The van der Waals surface area contributed by atoms with Gasteiger partial charge in [-0.3, -0.25) is 4.90 Å². The molecule has 1 aromatic rings. The van der Waals surface area contributed by atoms with Gasteiger partial charge in [-0.15, -0.1) is 0 Å². The first kappa shape index (κ1) is 17.8. The maximum atomic E-state index is 13.3. The molecule has 4 nitrogen and oxygen atoms in total. The van der Waals surface area contributed by atoms with Crippen molar-refractivity contribution in [3.05, 3.63) is 35.4 Å². The van der Waals surface area contributed by atoms with Gasteiger partial charge in [0.1, 0.15) is 5.60 Å². The molecule has 7 heteroatoms. The summed E-state index contributed by atoms with van der Waals surface area (Å²) in [5, 5.41) is 8.70. The molecular weight excluding hydrogens is 297 g/mol. The van der Waals surface area contributed by atoms with E-state index < -0.39 is 23.9 Å². The number of ether oxygens (including phenoxy) is 1. The predicted octanol–water partition coefficient (Wildman–Crippen LogP) is 4.03. The van der Waals surface area contributed by atoms with Crippen LogP contribution >= 0.6 is 0 Å². The van der Waals surface area contributed by atoms with E-state index in [1.807, 2.05) is 6.07 Å². The summed E-state index contributed by atoms with van der Waals surface area (Å²) in [5.74, 6) is 0. The van der Waals surface area contributed by atoms with Gasteiger partial charge in [0.15, 0.2) is 6.04 Å². The number of halogens is 3. The minimum atomic E-state index is -4.67. The lowest BCUT2D eigenvalue weighted by Crippen LogP contribution is -2.42. The Bertz CT molecular complexity index is 568. The number of nitrogens with zero attached hydrogens (tertiary/aromatic N) is 2. The Kier molecular flexibility index (Phi) is 5.07. The van der Waals surface area contributed by atoms with Gasteiger partial charge in [-0.1, -0.05) is 12.1 Å². The maximum absolute atomic E-state index is 13.3. The number of carbonyl (C=O) groups excluding carboxylic acids is 1. The molecule has 0 aromatic heterocycles. The molecule has 0 aliphatic heterocycles. The fourth-order valence-corrected chi connectivity index (χ4v) is 1.81. The van der Waals surface area contributed by atoms with Crippen LogP contribution in [0.25, 0.3) is 0 Å². The lowest BCUT2D eigenvalue weighted by atomic mass is 10.0. The van der Waals surface area contributed by atoms with E-state index in [1.165, 1.54) is 24.3 Å². The number of benzene rings is 1. The zero-order valence-electron chi connectivity index (χ0n) is 12.7. The Morgan fingerprint density at radius 3 is 2.09 bits per heavy atom. The highest BCUT2D eigenvalue weighted by Crippen LogP contribution is 2.37. The molecule has 1 atom stereocenters. The van der Waals surface area contributed by atoms with Crippen molar-refractivity contribution in [1.29, 1.82) is 5.26 Å². The van der Waals surface area contributed by atoms with Crippen molar-refractivity contribution in [2.24, 2.45) is 0 Å². The summed E-state index contributed by atoms with van der Waals surface area (Å²) in [4.78, 5) is 12.4. The Hall–Kier alpha value is -2.23. The van der Waals surface area contributed by atoms with E-state index in [-0.39, 0.29) is 11.1 Å². The molecule has 1 amide bonds. The van der Waals surface area contributed by atoms with Gasteiger partial charge in [0, 0.05) is 7.05 Å². The molecule has 0 fully saturated rings. The number of nitriles is 1. The molecule has 120 valence electrons. The van der Waals surface area contributed by atoms with Crippen molar-refractivity contribution in [2.75, 3.05) is 7.05 Å². The van der Waals surface area contributed by atoms with Gasteiger partial charge in [0.05, 0.1) is 11.6 Å². The van der Waals surface area contributed by atoms with Crippen molar-refractivity contribution < 1.29 is 22.7 Å². The summed E-state index contributed by atoms with van der Waals surface area (Å²) in [6, 6.07) is 4.59. The van der Waals surface area contributed by atoms with Gasteiger partial charge in [-0.25, -0.2) is 4.79 Å². The van der Waals surface area contributed by atoms with E-state index in [4.69, 9.17) is 10.00 Å². The van der Waals surface area contributed by atoms with Crippen molar-refractivity contribution in [3.8, 4) is 6.07 Å². The van der Waals surface area contributed by atoms with Crippen LogP contribution in [0.3, 0.4) is 0 Å². The minimum Gasteiger partial charge on any atom is -0.444 e. The SMILES string of the molecule is CN(C(=O)OC(C)(C)C)C(c1ccc(C#N)cc1)C(F)(F)F. The number of amides is 1. The first-order valence-corrected chi connectivity index (χ1v) is 6.48. The minimum absolute atomic E-state index is 0.139. The molecule has 0 N–H and O–H groups in total. The van der Waals surface area contributed by atoms with Crippen LogP contribution in [-0.4, -0.2) is 29.8 Å². The van der Waals surface area contributed by atoms with E-state index in [2.05, 4.69) is 0 Å². The van der Waals surface area contributed by atoms with Crippen LogP contribution in [0.15, 0.2) is 24.3 Å². The molecule has 1 rings (SSSR count).